The van der Waals surface area contributed by atoms with Crippen LogP contribution in [0.5, 0.6) is 0 Å². The second-order valence-electron chi connectivity index (χ2n) is 4.10. The van der Waals surface area contributed by atoms with Gasteiger partial charge in [0.2, 0.25) is 10.0 Å². The fourth-order valence-electron chi connectivity index (χ4n) is 1.50. The third kappa shape index (κ3) is 3.44. The van der Waals surface area contributed by atoms with Crippen molar-refractivity contribution in [1.82, 2.24) is 4.31 Å². The maximum absolute atomic E-state index is 12.1. The van der Waals surface area contributed by atoms with Crippen LogP contribution in [0.25, 0.3) is 0 Å². The Balaban J connectivity index is 3.17. The molecule has 0 aromatic heterocycles. The molecule has 0 fully saturated rings. The summed E-state index contributed by atoms with van der Waals surface area (Å²) in [7, 11) is -0.323. The molecule has 1 atom stereocenters. The SMILES string of the molecule is CCC(Cl)Cc1ccccc1S(=O)(=O)N(C)C. The molecule has 1 unspecified atom stereocenters. The maximum atomic E-state index is 12.1. The Morgan fingerprint density at radius 3 is 2.41 bits per heavy atom. The molecular weight excluding hydrogens is 258 g/mol. The molecule has 0 saturated carbocycles. The van der Waals surface area contributed by atoms with E-state index in [-0.39, 0.29) is 5.38 Å². The van der Waals surface area contributed by atoms with E-state index in [4.69, 9.17) is 11.6 Å². The fourth-order valence-corrected chi connectivity index (χ4v) is 2.80. The molecule has 5 heteroatoms. The van der Waals surface area contributed by atoms with Crippen LogP contribution in [0, 0.1) is 0 Å². The highest BCUT2D eigenvalue weighted by molar-refractivity contribution is 7.89. The molecule has 3 nitrogen and oxygen atoms in total. The normalized spacial score (nSPS) is 13.9. The van der Waals surface area contributed by atoms with Gasteiger partial charge in [-0.3, -0.25) is 0 Å². The van der Waals surface area contributed by atoms with Gasteiger partial charge in [-0.05, 0) is 24.5 Å². The number of benzene rings is 1. The van der Waals surface area contributed by atoms with Crippen LogP contribution in [-0.4, -0.2) is 32.2 Å². The van der Waals surface area contributed by atoms with Crippen molar-refractivity contribution in [3.63, 3.8) is 0 Å². The number of sulfonamides is 1. The lowest BCUT2D eigenvalue weighted by molar-refractivity contribution is 0.519. The minimum atomic E-state index is -3.39. The Morgan fingerprint density at radius 1 is 1.29 bits per heavy atom. The molecular formula is C12H18ClNO2S. The molecule has 0 spiro atoms. The van der Waals surface area contributed by atoms with Gasteiger partial charge in [0.25, 0.3) is 0 Å². The van der Waals surface area contributed by atoms with Gasteiger partial charge in [0.1, 0.15) is 0 Å². The predicted octanol–water partition coefficient (Wildman–Crippen LogP) is 2.50. The largest absolute Gasteiger partial charge is 0.242 e. The molecule has 0 saturated heterocycles. The predicted molar refractivity (Wildman–Crippen MR) is 71.0 cm³/mol. The van der Waals surface area contributed by atoms with E-state index in [2.05, 4.69) is 0 Å². The van der Waals surface area contributed by atoms with Gasteiger partial charge in [-0.25, -0.2) is 12.7 Å². The van der Waals surface area contributed by atoms with Crippen LogP contribution in [0.3, 0.4) is 0 Å². The molecule has 17 heavy (non-hydrogen) atoms. The maximum Gasteiger partial charge on any atom is 0.242 e. The van der Waals surface area contributed by atoms with Crippen molar-refractivity contribution in [2.75, 3.05) is 14.1 Å². The van der Waals surface area contributed by atoms with Crippen molar-refractivity contribution in [2.24, 2.45) is 0 Å². The summed E-state index contributed by atoms with van der Waals surface area (Å²) in [5.41, 5.74) is 0.781. The molecule has 0 N–H and O–H groups in total. The van der Waals surface area contributed by atoms with Crippen LogP contribution in [0.2, 0.25) is 0 Å². The van der Waals surface area contributed by atoms with Gasteiger partial charge in [-0.2, -0.15) is 0 Å². The monoisotopic (exact) mass is 275 g/mol. The Hall–Kier alpha value is -0.580. The van der Waals surface area contributed by atoms with E-state index < -0.39 is 10.0 Å². The van der Waals surface area contributed by atoms with Gasteiger partial charge in [-0.1, -0.05) is 25.1 Å². The summed E-state index contributed by atoms with van der Waals surface area (Å²) in [4.78, 5) is 0.351. The standard InChI is InChI=1S/C12H18ClNO2S/c1-4-11(13)9-10-7-5-6-8-12(10)17(15,16)14(2)3/h5-8,11H,4,9H2,1-3H3. The molecule has 1 aromatic rings. The molecule has 0 heterocycles. The van der Waals surface area contributed by atoms with Gasteiger partial charge < -0.3 is 0 Å². The minimum Gasteiger partial charge on any atom is -0.207 e. The Morgan fingerprint density at radius 2 is 1.88 bits per heavy atom. The van der Waals surface area contributed by atoms with E-state index in [1.54, 1.807) is 12.1 Å². The zero-order valence-corrected chi connectivity index (χ0v) is 11.9. The second kappa shape index (κ2) is 5.85. The first-order chi connectivity index (χ1) is 7.89. The molecule has 0 radical (unpaired) electrons. The van der Waals surface area contributed by atoms with E-state index in [0.29, 0.717) is 11.3 Å². The molecule has 96 valence electrons. The summed E-state index contributed by atoms with van der Waals surface area (Å²) in [5, 5.41) is -0.0338. The summed E-state index contributed by atoms with van der Waals surface area (Å²) in [6.07, 6.45) is 1.39. The molecule has 0 aliphatic heterocycles. The quantitative estimate of drug-likeness (QED) is 0.775. The molecule has 1 rings (SSSR count). The average molecular weight is 276 g/mol. The van der Waals surface area contributed by atoms with Crippen LogP contribution < -0.4 is 0 Å². The van der Waals surface area contributed by atoms with Gasteiger partial charge >= 0.3 is 0 Å². The average Bonchev–Trinajstić information content (AvgIpc) is 2.29. The molecule has 1 aromatic carbocycles. The lowest BCUT2D eigenvalue weighted by atomic mass is 10.1. The van der Waals surface area contributed by atoms with E-state index >= 15 is 0 Å². The second-order valence-corrected chi connectivity index (χ2v) is 6.84. The summed E-state index contributed by atoms with van der Waals surface area (Å²) < 4.78 is 25.4. The van der Waals surface area contributed by atoms with Crippen molar-refractivity contribution < 1.29 is 8.42 Å². The van der Waals surface area contributed by atoms with Crippen molar-refractivity contribution in [3.8, 4) is 0 Å². The van der Waals surface area contributed by atoms with Gasteiger partial charge in [0, 0.05) is 19.5 Å². The molecule has 0 aliphatic carbocycles. The lowest BCUT2D eigenvalue weighted by Crippen LogP contribution is -2.23. The number of nitrogens with zero attached hydrogens (tertiary/aromatic N) is 1. The summed E-state index contributed by atoms with van der Waals surface area (Å²) >= 11 is 6.09. The molecule has 0 aliphatic rings. The van der Waals surface area contributed by atoms with Gasteiger partial charge in [-0.15, -0.1) is 11.6 Å². The van der Waals surface area contributed by atoms with E-state index in [0.717, 1.165) is 12.0 Å². The molecule has 0 amide bonds. The first kappa shape index (κ1) is 14.5. The minimum absolute atomic E-state index is 0.0338. The fraction of sp³-hybridized carbons (Fsp3) is 0.500. The van der Waals surface area contributed by atoms with Crippen molar-refractivity contribution >= 4 is 21.6 Å². The van der Waals surface area contributed by atoms with E-state index in [1.165, 1.54) is 18.4 Å². The van der Waals surface area contributed by atoms with Crippen LogP contribution >= 0.6 is 11.6 Å². The Bertz CT molecular complexity index is 471. The van der Waals surface area contributed by atoms with Crippen LogP contribution in [0.15, 0.2) is 29.2 Å². The Kier molecular flexibility index (Phi) is 4.98. The van der Waals surface area contributed by atoms with Crippen molar-refractivity contribution in [3.05, 3.63) is 29.8 Å². The van der Waals surface area contributed by atoms with Crippen molar-refractivity contribution in [1.29, 1.82) is 0 Å². The number of halogens is 1. The third-order valence-corrected chi connectivity index (χ3v) is 4.99. The van der Waals surface area contributed by atoms with Crippen molar-refractivity contribution in [2.45, 2.75) is 30.0 Å². The first-order valence-electron chi connectivity index (χ1n) is 5.54. The van der Waals surface area contributed by atoms with E-state index in [1.807, 2.05) is 19.1 Å². The topological polar surface area (TPSA) is 37.4 Å². The van der Waals surface area contributed by atoms with E-state index in [9.17, 15) is 8.42 Å². The number of hydrogen-bond acceptors (Lipinski definition) is 2. The lowest BCUT2D eigenvalue weighted by Gasteiger charge is -2.16. The Labute approximate surface area is 108 Å². The summed E-state index contributed by atoms with van der Waals surface area (Å²) in [6.45, 7) is 1.99. The number of alkyl halides is 1. The smallest absolute Gasteiger partial charge is 0.207 e. The highest BCUT2D eigenvalue weighted by Crippen LogP contribution is 2.21. The highest BCUT2D eigenvalue weighted by atomic mass is 35.5. The van der Waals surface area contributed by atoms with Gasteiger partial charge in [0.15, 0.2) is 0 Å². The first-order valence-corrected chi connectivity index (χ1v) is 7.41. The van der Waals surface area contributed by atoms with Crippen LogP contribution in [0.1, 0.15) is 18.9 Å². The van der Waals surface area contributed by atoms with Crippen LogP contribution in [-0.2, 0) is 16.4 Å². The number of hydrogen-bond donors (Lipinski definition) is 0. The zero-order valence-electron chi connectivity index (χ0n) is 10.4. The van der Waals surface area contributed by atoms with Gasteiger partial charge in [0.05, 0.1) is 4.90 Å². The summed E-state index contributed by atoms with van der Waals surface area (Å²) in [6, 6.07) is 7.02. The molecule has 0 bridgehead atoms. The van der Waals surface area contributed by atoms with Crippen LogP contribution in [0.4, 0.5) is 0 Å². The summed E-state index contributed by atoms with van der Waals surface area (Å²) in [5.74, 6) is 0. The third-order valence-electron chi connectivity index (χ3n) is 2.62. The number of rotatable bonds is 5. The highest BCUT2D eigenvalue weighted by Gasteiger charge is 2.21. The zero-order chi connectivity index (χ0) is 13.1.